The van der Waals surface area contributed by atoms with Crippen molar-refractivity contribution in [1.82, 2.24) is 19.7 Å². The summed E-state index contributed by atoms with van der Waals surface area (Å²) >= 11 is 1.54. The molecule has 0 aliphatic heterocycles. The molecular weight excluding hydrogens is 406 g/mol. The maximum Gasteiger partial charge on any atom is 0.278 e. The smallest absolute Gasteiger partial charge is 0.278 e. The van der Waals surface area contributed by atoms with Gasteiger partial charge < -0.3 is 0 Å². The van der Waals surface area contributed by atoms with Gasteiger partial charge >= 0.3 is 0 Å². The van der Waals surface area contributed by atoms with Gasteiger partial charge in [-0.1, -0.05) is 43.4 Å². The lowest BCUT2D eigenvalue weighted by Gasteiger charge is -2.21. The second-order valence-electron chi connectivity index (χ2n) is 8.31. The molecule has 0 bridgehead atoms. The Balaban J connectivity index is 1.83. The van der Waals surface area contributed by atoms with Crippen LogP contribution in [0.5, 0.6) is 0 Å². The third kappa shape index (κ3) is 4.23. The summed E-state index contributed by atoms with van der Waals surface area (Å²) in [6, 6.07) is 12.0. The van der Waals surface area contributed by atoms with E-state index < -0.39 is 0 Å². The van der Waals surface area contributed by atoms with Crippen molar-refractivity contribution >= 4 is 32.6 Å². The van der Waals surface area contributed by atoms with Gasteiger partial charge in [0.05, 0.1) is 22.5 Å². The Morgan fingerprint density at radius 1 is 1.16 bits per heavy atom. The predicted octanol–water partition coefficient (Wildman–Crippen LogP) is 5.75. The molecule has 4 rings (SSSR count). The SMILES string of the molecule is Cc1cc(C(=O)N(Cc2cccnc2)c2nc3c(C(C)C)cccc3s2)n(C(C)C)n1. The van der Waals surface area contributed by atoms with Crippen LogP contribution in [0.4, 0.5) is 5.13 Å². The quantitative estimate of drug-likeness (QED) is 0.388. The third-order valence-corrected chi connectivity index (χ3v) is 6.21. The number of anilines is 1. The number of para-hydroxylation sites is 1. The van der Waals surface area contributed by atoms with E-state index in [9.17, 15) is 4.79 Å². The fourth-order valence-corrected chi connectivity index (χ4v) is 4.65. The molecule has 0 radical (unpaired) electrons. The van der Waals surface area contributed by atoms with Crippen LogP contribution in [0.1, 0.15) is 67.0 Å². The van der Waals surface area contributed by atoms with Crippen LogP contribution in [0.2, 0.25) is 0 Å². The van der Waals surface area contributed by atoms with Crippen LogP contribution in [0.15, 0.2) is 48.8 Å². The second kappa shape index (κ2) is 8.59. The molecule has 31 heavy (non-hydrogen) atoms. The van der Waals surface area contributed by atoms with Crippen LogP contribution >= 0.6 is 11.3 Å². The zero-order chi connectivity index (χ0) is 22.1. The standard InChI is InChI=1S/C24H27N5OS/c1-15(2)19-9-6-10-21-22(19)26-24(31-21)28(14-18-8-7-11-25-13-18)23(30)20-12-17(5)27-29(20)16(3)4/h6-13,15-16H,14H2,1-5H3. The maximum atomic E-state index is 13.8. The third-order valence-electron chi connectivity index (χ3n) is 5.17. The topological polar surface area (TPSA) is 63.9 Å². The molecule has 3 aromatic heterocycles. The number of thiazole rings is 1. The number of carbonyl (C=O) groups excluding carboxylic acids is 1. The highest BCUT2D eigenvalue weighted by molar-refractivity contribution is 7.22. The zero-order valence-corrected chi connectivity index (χ0v) is 19.3. The molecule has 160 valence electrons. The van der Waals surface area contributed by atoms with Crippen LogP contribution in [-0.2, 0) is 6.54 Å². The van der Waals surface area contributed by atoms with Crippen LogP contribution in [0.3, 0.4) is 0 Å². The van der Waals surface area contributed by atoms with E-state index in [0.717, 1.165) is 21.5 Å². The Hall–Kier alpha value is -3.06. The minimum absolute atomic E-state index is 0.0794. The normalized spacial score (nSPS) is 11.6. The van der Waals surface area contributed by atoms with Gasteiger partial charge in [0.1, 0.15) is 5.69 Å². The molecular formula is C24H27N5OS. The Morgan fingerprint density at radius 2 is 1.97 bits per heavy atom. The molecule has 0 saturated carbocycles. The van der Waals surface area contributed by atoms with Crippen LogP contribution in [0.25, 0.3) is 10.2 Å². The van der Waals surface area contributed by atoms with E-state index in [1.807, 2.05) is 39.0 Å². The summed E-state index contributed by atoms with van der Waals surface area (Å²) < 4.78 is 2.87. The van der Waals surface area contributed by atoms with Crippen molar-refractivity contribution in [3.63, 3.8) is 0 Å². The molecule has 1 aromatic carbocycles. The number of nitrogens with zero attached hydrogens (tertiary/aromatic N) is 5. The summed E-state index contributed by atoms with van der Waals surface area (Å²) in [6.45, 7) is 10.7. The number of hydrogen-bond donors (Lipinski definition) is 0. The van der Waals surface area contributed by atoms with E-state index in [-0.39, 0.29) is 11.9 Å². The Morgan fingerprint density at radius 3 is 2.65 bits per heavy atom. The van der Waals surface area contributed by atoms with E-state index in [1.54, 1.807) is 33.3 Å². The summed E-state index contributed by atoms with van der Waals surface area (Å²) in [5.41, 5.74) is 4.50. The van der Waals surface area contributed by atoms with E-state index in [1.165, 1.54) is 5.56 Å². The number of amides is 1. The largest absolute Gasteiger partial charge is 0.278 e. The summed E-state index contributed by atoms with van der Waals surface area (Å²) in [4.78, 5) is 24.7. The fraction of sp³-hybridized carbons (Fsp3) is 0.333. The highest BCUT2D eigenvalue weighted by Crippen LogP contribution is 2.35. The first-order valence-electron chi connectivity index (χ1n) is 10.5. The van der Waals surface area contributed by atoms with Crippen molar-refractivity contribution in [1.29, 1.82) is 0 Å². The first kappa shape index (κ1) is 21.2. The van der Waals surface area contributed by atoms with Crippen molar-refractivity contribution in [3.8, 4) is 0 Å². The highest BCUT2D eigenvalue weighted by Gasteiger charge is 2.26. The molecule has 0 aliphatic carbocycles. The molecule has 0 N–H and O–H groups in total. The minimum Gasteiger partial charge on any atom is -0.278 e. The molecule has 3 heterocycles. The van der Waals surface area contributed by atoms with E-state index >= 15 is 0 Å². The fourth-order valence-electron chi connectivity index (χ4n) is 3.65. The molecule has 0 fully saturated rings. The number of pyridine rings is 1. The van der Waals surface area contributed by atoms with E-state index in [0.29, 0.717) is 23.3 Å². The lowest BCUT2D eigenvalue weighted by Crippen LogP contribution is -2.32. The van der Waals surface area contributed by atoms with Gasteiger partial charge in [0.2, 0.25) is 0 Å². The monoisotopic (exact) mass is 433 g/mol. The van der Waals surface area contributed by atoms with Crippen LogP contribution in [0, 0.1) is 6.92 Å². The van der Waals surface area contributed by atoms with Crippen molar-refractivity contribution in [3.05, 3.63) is 71.3 Å². The highest BCUT2D eigenvalue weighted by atomic mass is 32.1. The van der Waals surface area contributed by atoms with Crippen molar-refractivity contribution in [2.24, 2.45) is 0 Å². The Labute approximate surface area is 186 Å². The molecule has 1 amide bonds. The molecule has 4 aromatic rings. The van der Waals surface area contributed by atoms with Crippen molar-refractivity contribution in [2.75, 3.05) is 4.90 Å². The average Bonchev–Trinajstić information content (AvgIpc) is 3.35. The first-order chi connectivity index (χ1) is 14.8. The van der Waals surface area contributed by atoms with Gasteiger partial charge in [0, 0.05) is 18.4 Å². The summed E-state index contributed by atoms with van der Waals surface area (Å²) in [6.07, 6.45) is 3.53. The summed E-state index contributed by atoms with van der Waals surface area (Å²) in [7, 11) is 0. The summed E-state index contributed by atoms with van der Waals surface area (Å²) in [5.74, 6) is 0.245. The number of aromatic nitrogens is 4. The predicted molar refractivity (Wildman–Crippen MR) is 126 cm³/mol. The zero-order valence-electron chi connectivity index (χ0n) is 18.5. The molecule has 0 unspecified atom stereocenters. The molecule has 0 aliphatic rings. The number of rotatable bonds is 6. The lowest BCUT2D eigenvalue weighted by atomic mass is 10.0. The first-order valence-corrected chi connectivity index (χ1v) is 11.3. The number of fused-ring (bicyclic) bond motifs is 1. The van der Waals surface area contributed by atoms with Gasteiger partial charge in [-0.25, -0.2) is 4.98 Å². The van der Waals surface area contributed by atoms with Gasteiger partial charge in [0.25, 0.3) is 5.91 Å². The Kier molecular flexibility index (Phi) is 5.87. The molecule has 7 heteroatoms. The summed E-state index contributed by atoms with van der Waals surface area (Å²) in [5, 5.41) is 5.22. The van der Waals surface area contributed by atoms with Gasteiger partial charge in [-0.3, -0.25) is 19.4 Å². The lowest BCUT2D eigenvalue weighted by molar-refractivity contribution is 0.0973. The number of carbonyl (C=O) groups is 1. The second-order valence-corrected chi connectivity index (χ2v) is 9.32. The number of benzene rings is 1. The van der Waals surface area contributed by atoms with E-state index in [4.69, 9.17) is 4.98 Å². The van der Waals surface area contributed by atoms with E-state index in [2.05, 4.69) is 42.1 Å². The van der Waals surface area contributed by atoms with Gasteiger partial charge in [-0.15, -0.1) is 0 Å². The Bertz CT molecular complexity index is 1210. The number of aryl methyl sites for hydroxylation is 1. The molecule has 6 nitrogen and oxygen atoms in total. The average molecular weight is 434 g/mol. The van der Waals surface area contributed by atoms with Crippen molar-refractivity contribution < 1.29 is 4.79 Å². The molecule has 0 atom stereocenters. The van der Waals surface area contributed by atoms with Gasteiger partial charge in [-0.2, -0.15) is 5.10 Å². The maximum absolute atomic E-state index is 13.8. The molecule has 0 spiro atoms. The van der Waals surface area contributed by atoms with Crippen LogP contribution in [-0.4, -0.2) is 25.7 Å². The van der Waals surface area contributed by atoms with Gasteiger partial charge in [-0.05, 0) is 56.0 Å². The van der Waals surface area contributed by atoms with Crippen molar-refractivity contribution in [2.45, 2.75) is 53.1 Å². The van der Waals surface area contributed by atoms with Gasteiger partial charge in [0.15, 0.2) is 5.13 Å². The molecule has 0 saturated heterocycles. The minimum atomic E-state index is -0.108. The number of hydrogen-bond acceptors (Lipinski definition) is 5. The van der Waals surface area contributed by atoms with Crippen LogP contribution < -0.4 is 4.90 Å².